The molecule has 0 saturated carbocycles. The Morgan fingerprint density at radius 3 is 2.38 bits per heavy atom. The molecule has 0 aliphatic carbocycles. The number of nitrogens with zero attached hydrogens (tertiary/aromatic N) is 2. The van der Waals surface area contributed by atoms with Crippen molar-refractivity contribution in [1.82, 2.24) is 9.55 Å². The third kappa shape index (κ3) is 4.47. The Morgan fingerprint density at radius 1 is 0.941 bits per heavy atom. The number of esters is 1. The number of rotatable bonds is 6. The maximum atomic E-state index is 13.1. The second kappa shape index (κ2) is 9.50. The van der Waals surface area contributed by atoms with E-state index in [1.807, 2.05) is 0 Å². The molecule has 0 spiro atoms. The maximum absolute atomic E-state index is 13.1. The van der Waals surface area contributed by atoms with Crippen LogP contribution in [0, 0.1) is 6.92 Å². The Kier molecular flexibility index (Phi) is 6.31. The monoisotopic (exact) mass is 455 g/mol. The van der Waals surface area contributed by atoms with Gasteiger partial charge in [-0.25, -0.2) is 9.78 Å². The zero-order valence-electron chi connectivity index (χ0n) is 18.6. The number of amides is 1. The number of anilines is 1. The third-order valence-corrected chi connectivity index (χ3v) is 5.26. The van der Waals surface area contributed by atoms with E-state index in [0.717, 1.165) is 0 Å². The Labute approximate surface area is 194 Å². The van der Waals surface area contributed by atoms with E-state index in [9.17, 15) is 19.2 Å². The van der Waals surface area contributed by atoms with Gasteiger partial charge in [-0.05, 0) is 31.2 Å². The summed E-state index contributed by atoms with van der Waals surface area (Å²) in [6, 6.07) is 18.2. The first kappa shape index (κ1) is 22.6. The van der Waals surface area contributed by atoms with Crippen LogP contribution in [0.25, 0.3) is 11.0 Å². The number of fused-ring (bicyclic) bond motifs is 1. The van der Waals surface area contributed by atoms with Crippen LogP contribution in [0.4, 0.5) is 5.69 Å². The lowest BCUT2D eigenvalue weighted by molar-refractivity contribution is -0.116. The molecule has 0 aliphatic heterocycles. The fraction of sp³-hybridized carbons (Fsp3) is 0.115. The van der Waals surface area contributed by atoms with E-state index in [1.54, 1.807) is 67.6 Å². The molecule has 0 bridgehead atoms. The molecular formula is C26H21N3O5. The van der Waals surface area contributed by atoms with Crippen molar-refractivity contribution in [2.75, 3.05) is 12.4 Å². The topological polar surface area (TPSA) is 107 Å². The van der Waals surface area contributed by atoms with E-state index < -0.39 is 23.1 Å². The fourth-order valence-electron chi connectivity index (χ4n) is 3.61. The number of methoxy groups -OCH3 is 1. The first-order chi connectivity index (χ1) is 16.4. The van der Waals surface area contributed by atoms with E-state index >= 15 is 0 Å². The van der Waals surface area contributed by atoms with Gasteiger partial charge in [-0.3, -0.25) is 14.4 Å². The molecule has 0 saturated heterocycles. The van der Waals surface area contributed by atoms with E-state index in [-0.39, 0.29) is 34.4 Å². The highest BCUT2D eigenvalue weighted by Gasteiger charge is 2.20. The first-order valence-electron chi connectivity index (χ1n) is 10.5. The van der Waals surface area contributed by atoms with Gasteiger partial charge in [0.05, 0.1) is 29.3 Å². The van der Waals surface area contributed by atoms with Gasteiger partial charge in [-0.1, -0.05) is 42.5 Å². The van der Waals surface area contributed by atoms with Crippen molar-refractivity contribution in [1.29, 1.82) is 0 Å². The molecule has 4 aromatic rings. The molecule has 2 aromatic carbocycles. The van der Waals surface area contributed by atoms with Crippen LogP contribution < -0.4 is 10.7 Å². The molecule has 0 aliphatic rings. The number of para-hydroxylation sites is 1. The van der Waals surface area contributed by atoms with Crippen molar-refractivity contribution in [2.45, 2.75) is 13.5 Å². The SMILES string of the molecule is COC(=O)c1ccccc1NC(=O)Cn1cc(C(=O)c2ccccc2)c(=O)c2ccc(C)nc21. The number of hydrogen-bond donors (Lipinski definition) is 1. The van der Waals surface area contributed by atoms with Gasteiger partial charge < -0.3 is 14.6 Å². The number of nitrogens with one attached hydrogen (secondary N) is 1. The van der Waals surface area contributed by atoms with Gasteiger partial charge in [0.1, 0.15) is 12.2 Å². The largest absolute Gasteiger partial charge is 0.465 e. The molecule has 1 N–H and O–H groups in total. The molecular weight excluding hydrogens is 434 g/mol. The van der Waals surface area contributed by atoms with Gasteiger partial charge in [0.25, 0.3) is 0 Å². The van der Waals surface area contributed by atoms with Crippen molar-refractivity contribution < 1.29 is 19.1 Å². The minimum atomic E-state index is -0.585. The van der Waals surface area contributed by atoms with Crippen LogP contribution >= 0.6 is 0 Å². The number of carbonyl (C=O) groups is 3. The van der Waals surface area contributed by atoms with E-state index in [0.29, 0.717) is 11.3 Å². The number of aromatic nitrogens is 2. The lowest BCUT2D eigenvalue weighted by Crippen LogP contribution is -2.25. The van der Waals surface area contributed by atoms with Crippen LogP contribution in [0.15, 0.2) is 77.7 Å². The molecule has 34 heavy (non-hydrogen) atoms. The lowest BCUT2D eigenvalue weighted by Gasteiger charge is -2.14. The van der Waals surface area contributed by atoms with Crippen LogP contribution in [0.3, 0.4) is 0 Å². The molecule has 1 amide bonds. The Morgan fingerprint density at radius 2 is 1.65 bits per heavy atom. The highest BCUT2D eigenvalue weighted by molar-refractivity contribution is 6.10. The second-order valence-corrected chi connectivity index (χ2v) is 7.60. The number of benzene rings is 2. The average molecular weight is 455 g/mol. The molecule has 2 aromatic heterocycles. The zero-order chi connectivity index (χ0) is 24.2. The molecule has 4 rings (SSSR count). The van der Waals surface area contributed by atoms with Crippen molar-refractivity contribution in [3.8, 4) is 0 Å². The third-order valence-electron chi connectivity index (χ3n) is 5.26. The molecule has 8 heteroatoms. The first-order valence-corrected chi connectivity index (χ1v) is 10.5. The van der Waals surface area contributed by atoms with Crippen LogP contribution in [0.1, 0.15) is 32.0 Å². The van der Waals surface area contributed by atoms with Crippen molar-refractivity contribution in [3.05, 3.63) is 106 Å². The van der Waals surface area contributed by atoms with E-state index in [2.05, 4.69) is 10.3 Å². The number of aryl methyl sites for hydroxylation is 1. The Bertz CT molecular complexity index is 1480. The smallest absolute Gasteiger partial charge is 0.339 e. The standard InChI is InChI=1S/C26H21N3O5/c1-16-12-13-19-24(32)20(23(31)17-8-4-3-5-9-17)14-29(25(19)27-16)15-22(30)28-21-11-7-6-10-18(21)26(33)34-2/h3-14H,15H2,1-2H3,(H,28,30). The van der Waals surface area contributed by atoms with Crippen molar-refractivity contribution in [3.63, 3.8) is 0 Å². The lowest BCUT2D eigenvalue weighted by atomic mass is 10.0. The molecule has 0 fully saturated rings. The number of ether oxygens (including phenoxy) is 1. The van der Waals surface area contributed by atoms with Crippen molar-refractivity contribution in [2.24, 2.45) is 0 Å². The van der Waals surface area contributed by atoms with Crippen molar-refractivity contribution >= 4 is 34.4 Å². The summed E-state index contributed by atoms with van der Waals surface area (Å²) in [4.78, 5) is 55.6. The number of pyridine rings is 2. The van der Waals surface area contributed by atoms with Gasteiger partial charge in [0.2, 0.25) is 11.3 Å². The molecule has 0 unspecified atom stereocenters. The van der Waals surface area contributed by atoms with Crippen LogP contribution in [-0.2, 0) is 16.1 Å². The summed E-state index contributed by atoms with van der Waals surface area (Å²) in [7, 11) is 1.26. The quantitative estimate of drug-likeness (QED) is 0.353. The summed E-state index contributed by atoms with van der Waals surface area (Å²) in [6.07, 6.45) is 1.36. The van der Waals surface area contributed by atoms with E-state index in [4.69, 9.17) is 4.74 Å². The van der Waals surface area contributed by atoms with Gasteiger partial charge in [0, 0.05) is 17.5 Å². The highest BCUT2D eigenvalue weighted by atomic mass is 16.5. The molecule has 8 nitrogen and oxygen atoms in total. The predicted octanol–water partition coefficient (Wildman–Crippen LogP) is 3.36. The van der Waals surface area contributed by atoms with Gasteiger partial charge in [-0.2, -0.15) is 0 Å². The summed E-state index contributed by atoms with van der Waals surface area (Å²) in [5.41, 5.74) is 1.27. The minimum absolute atomic E-state index is 0.0629. The average Bonchev–Trinajstić information content (AvgIpc) is 2.85. The van der Waals surface area contributed by atoms with E-state index in [1.165, 1.54) is 23.9 Å². The van der Waals surface area contributed by atoms with Gasteiger partial charge in [-0.15, -0.1) is 0 Å². The maximum Gasteiger partial charge on any atom is 0.339 e. The highest BCUT2D eigenvalue weighted by Crippen LogP contribution is 2.18. The van der Waals surface area contributed by atoms with Crippen LogP contribution in [0.5, 0.6) is 0 Å². The molecule has 170 valence electrons. The van der Waals surface area contributed by atoms with Crippen LogP contribution in [-0.4, -0.2) is 34.3 Å². The van der Waals surface area contributed by atoms with Gasteiger partial charge in [0.15, 0.2) is 5.78 Å². The predicted molar refractivity (Wildman–Crippen MR) is 127 cm³/mol. The number of carbonyl (C=O) groups excluding carboxylic acids is 3. The summed E-state index contributed by atoms with van der Waals surface area (Å²) in [5.74, 6) is -1.50. The second-order valence-electron chi connectivity index (χ2n) is 7.60. The zero-order valence-corrected chi connectivity index (χ0v) is 18.6. The summed E-state index contributed by atoms with van der Waals surface area (Å²) < 4.78 is 6.24. The summed E-state index contributed by atoms with van der Waals surface area (Å²) in [5, 5.41) is 2.93. The van der Waals surface area contributed by atoms with Crippen LogP contribution in [0.2, 0.25) is 0 Å². The minimum Gasteiger partial charge on any atom is -0.465 e. The normalized spacial score (nSPS) is 10.6. The number of ketones is 1. The fourth-order valence-corrected chi connectivity index (χ4v) is 3.61. The molecule has 0 atom stereocenters. The molecule has 0 radical (unpaired) electrons. The Balaban J connectivity index is 1.75. The summed E-state index contributed by atoms with van der Waals surface area (Å²) >= 11 is 0. The number of hydrogen-bond acceptors (Lipinski definition) is 6. The molecule has 2 heterocycles. The summed E-state index contributed by atoms with van der Waals surface area (Å²) in [6.45, 7) is 1.53. The Hall–Kier alpha value is -4.59. The van der Waals surface area contributed by atoms with Gasteiger partial charge >= 0.3 is 5.97 Å².